The Balaban J connectivity index is 1.71. The van der Waals surface area contributed by atoms with Gasteiger partial charge in [0.15, 0.2) is 16.3 Å². The number of H-pyrrole nitrogens is 1. The topological polar surface area (TPSA) is 111 Å². The van der Waals surface area contributed by atoms with Crippen molar-refractivity contribution in [2.24, 2.45) is 7.05 Å². The van der Waals surface area contributed by atoms with E-state index in [2.05, 4.69) is 20.3 Å². The number of aryl methyl sites for hydroxylation is 1. The highest BCUT2D eigenvalue weighted by Crippen LogP contribution is 2.26. The zero-order valence-corrected chi connectivity index (χ0v) is 15.2. The summed E-state index contributed by atoms with van der Waals surface area (Å²) < 4.78 is 12.0. The molecule has 0 fully saturated rings. The summed E-state index contributed by atoms with van der Waals surface area (Å²) in [4.78, 5) is 34.8. The SMILES string of the molecule is COc1cc(NC(=O)CSc2nc3c(=O)[nH]cnc3n2C)cc(OC)c1. The van der Waals surface area contributed by atoms with Gasteiger partial charge in [0.05, 0.1) is 26.3 Å². The van der Waals surface area contributed by atoms with Crippen LogP contribution in [-0.4, -0.2) is 45.4 Å². The summed E-state index contributed by atoms with van der Waals surface area (Å²) in [5.41, 5.74) is 0.963. The molecule has 0 radical (unpaired) electrons. The first kappa shape index (κ1) is 17.8. The Morgan fingerprint density at radius 3 is 2.58 bits per heavy atom. The molecule has 1 amide bonds. The summed E-state index contributed by atoms with van der Waals surface area (Å²) in [6.45, 7) is 0. The number of carbonyl (C=O) groups is 1. The van der Waals surface area contributed by atoms with E-state index < -0.39 is 0 Å². The van der Waals surface area contributed by atoms with Gasteiger partial charge in [-0.25, -0.2) is 9.97 Å². The average molecular weight is 375 g/mol. The summed E-state index contributed by atoms with van der Waals surface area (Å²) in [5, 5.41) is 3.32. The van der Waals surface area contributed by atoms with Crippen LogP contribution in [0.4, 0.5) is 5.69 Å². The maximum atomic E-state index is 12.2. The lowest BCUT2D eigenvalue weighted by molar-refractivity contribution is -0.113. The molecular weight excluding hydrogens is 358 g/mol. The van der Waals surface area contributed by atoms with Crippen LogP contribution in [0.3, 0.4) is 0 Å². The molecule has 136 valence electrons. The van der Waals surface area contributed by atoms with Gasteiger partial charge >= 0.3 is 0 Å². The number of nitrogens with zero attached hydrogens (tertiary/aromatic N) is 3. The highest BCUT2D eigenvalue weighted by atomic mass is 32.2. The van der Waals surface area contributed by atoms with Crippen molar-refractivity contribution < 1.29 is 14.3 Å². The second kappa shape index (κ2) is 7.48. The van der Waals surface area contributed by atoms with Crippen LogP contribution in [0.2, 0.25) is 0 Å². The number of hydrogen-bond acceptors (Lipinski definition) is 7. The Labute approximate surface area is 152 Å². The molecule has 2 aromatic heterocycles. The number of ether oxygens (including phenoxy) is 2. The van der Waals surface area contributed by atoms with Gasteiger partial charge in [0.2, 0.25) is 5.91 Å². The lowest BCUT2D eigenvalue weighted by atomic mass is 10.2. The molecule has 3 rings (SSSR count). The van der Waals surface area contributed by atoms with E-state index in [9.17, 15) is 9.59 Å². The van der Waals surface area contributed by atoms with Crippen molar-refractivity contribution in [2.45, 2.75) is 5.16 Å². The minimum atomic E-state index is -0.314. The number of aromatic amines is 1. The van der Waals surface area contributed by atoms with Gasteiger partial charge in [-0.1, -0.05) is 11.8 Å². The number of rotatable bonds is 6. The average Bonchev–Trinajstić information content (AvgIpc) is 2.97. The van der Waals surface area contributed by atoms with Gasteiger partial charge in [0.25, 0.3) is 5.56 Å². The van der Waals surface area contributed by atoms with Crippen molar-refractivity contribution in [3.05, 3.63) is 34.9 Å². The predicted molar refractivity (Wildman–Crippen MR) is 98.0 cm³/mol. The largest absolute Gasteiger partial charge is 0.497 e. The lowest BCUT2D eigenvalue weighted by Gasteiger charge is -2.09. The summed E-state index contributed by atoms with van der Waals surface area (Å²) in [7, 11) is 4.82. The molecule has 9 nitrogen and oxygen atoms in total. The monoisotopic (exact) mass is 375 g/mol. The number of nitrogens with one attached hydrogen (secondary N) is 2. The Bertz CT molecular complexity index is 991. The molecule has 26 heavy (non-hydrogen) atoms. The van der Waals surface area contributed by atoms with E-state index in [-0.39, 0.29) is 22.7 Å². The van der Waals surface area contributed by atoms with Gasteiger partial charge in [0.1, 0.15) is 11.5 Å². The molecule has 0 atom stereocenters. The molecule has 2 N–H and O–H groups in total. The minimum absolute atomic E-state index is 0.120. The zero-order chi connectivity index (χ0) is 18.7. The third-order valence-electron chi connectivity index (χ3n) is 3.59. The van der Waals surface area contributed by atoms with Crippen molar-refractivity contribution in [3.8, 4) is 11.5 Å². The van der Waals surface area contributed by atoms with Gasteiger partial charge in [-0.2, -0.15) is 0 Å². The fourth-order valence-electron chi connectivity index (χ4n) is 2.33. The van der Waals surface area contributed by atoms with Gasteiger partial charge < -0.3 is 24.3 Å². The Morgan fingerprint density at radius 2 is 1.96 bits per heavy atom. The molecule has 0 saturated heterocycles. The van der Waals surface area contributed by atoms with Crippen LogP contribution in [0.15, 0.2) is 34.5 Å². The van der Waals surface area contributed by atoms with Crippen LogP contribution < -0.4 is 20.3 Å². The maximum Gasteiger partial charge on any atom is 0.278 e. The quantitative estimate of drug-likeness (QED) is 0.627. The Hall–Kier alpha value is -3.01. The molecule has 0 aliphatic rings. The van der Waals surface area contributed by atoms with E-state index in [1.807, 2.05) is 0 Å². The van der Waals surface area contributed by atoms with Crippen molar-refractivity contribution in [2.75, 3.05) is 25.3 Å². The highest BCUT2D eigenvalue weighted by Gasteiger charge is 2.14. The third-order valence-corrected chi connectivity index (χ3v) is 4.62. The molecule has 1 aromatic carbocycles. The molecule has 0 bridgehead atoms. The van der Waals surface area contributed by atoms with Gasteiger partial charge in [-0.3, -0.25) is 9.59 Å². The summed E-state index contributed by atoms with van der Waals surface area (Å²) >= 11 is 1.21. The number of thioether (sulfide) groups is 1. The maximum absolute atomic E-state index is 12.2. The molecule has 0 aliphatic carbocycles. The van der Waals surface area contributed by atoms with Gasteiger partial charge in [-0.15, -0.1) is 0 Å². The molecule has 3 aromatic rings. The smallest absolute Gasteiger partial charge is 0.278 e. The number of methoxy groups -OCH3 is 2. The number of anilines is 1. The van der Waals surface area contributed by atoms with E-state index in [0.29, 0.717) is 28.0 Å². The highest BCUT2D eigenvalue weighted by molar-refractivity contribution is 7.99. The van der Waals surface area contributed by atoms with E-state index >= 15 is 0 Å². The van der Waals surface area contributed by atoms with Crippen molar-refractivity contribution in [1.29, 1.82) is 0 Å². The van der Waals surface area contributed by atoms with Crippen molar-refractivity contribution >= 4 is 34.5 Å². The molecular formula is C16H17N5O4S. The van der Waals surface area contributed by atoms with E-state index in [0.717, 1.165) is 0 Å². The van der Waals surface area contributed by atoms with E-state index in [4.69, 9.17) is 9.47 Å². The molecule has 2 heterocycles. The van der Waals surface area contributed by atoms with Crippen LogP contribution >= 0.6 is 11.8 Å². The molecule has 10 heteroatoms. The second-order valence-corrected chi connectivity index (χ2v) is 6.24. The van der Waals surface area contributed by atoms with Crippen LogP contribution in [0.5, 0.6) is 11.5 Å². The number of hydrogen-bond donors (Lipinski definition) is 2. The molecule has 0 saturated carbocycles. The van der Waals surface area contributed by atoms with Crippen LogP contribution in [0, 0.1) is 0 Å². The minimum Gasteiger partial charge on any atom is -0.497 e. The number of amides is 1. The molecule has 0 aliphatic heterocycles. The summed E-state index contributed by atoms with van der Waals surface area (Å²) in [5.74, 6) is 1.05. The predicted octanol–water partition coefficient (Wildman–Crippen LogP) is 1.40. The standard InChI is InChI=1S/C16H17N5O4S/c1-21-14-13(15(23)18-8-17-14)20-16(21)26-7-12(22)19-9-4-10(24-2)6-11(5-9)25-3/h4-6,8H,7H2,1-3H3,(H,19,22)(H,17,18,23). The summed E-state index contributed by atoms with van der Waals surface area (Å²) in [6.07, 6.45) is 1.32. The molecule has 0 unspecified atom stereocenters. The lowest BCUT2D eigenvalue weighted by Crippen LogP contribution is -2.14. The first-order valence-electron chi connectivity index (χ1n) is 7.57. The zero-order valence-electron chi connectivity index (χ0n) is 14.4. The summed E-state index contributed by atoms with van der Waals surface area (Å²) in [6, 6.07) is 5.11. The number of aromatic nitrogens is 4. The van der Waals surface area contributed by atoms with E-state index in [1.54, 1.807) is 29.8 Å². The number of benzene rings is 1. The van der Waals surface area contributed by atoms with Gasteiger partial charge in [0, 0.05) is 30.9 Å². The first-order valence-corrected chi connectivity index (χ1v) is 8.56. The van der Waals surface area contributed by atoms with Gasteiger partial charge in [-0.05, 0) is 0 Å². The van der Waals surface area contributed by atoms with Crippen LogP contribution in [0.25, 0.3) is 11.2 Å². The van der Waals surface area contributed by atoms with E-state index in [1.165, 1.54) is 32.3 Å². The first-order chi connectivity index (χ1) is 12.5. The van der Waals surface area contributed by atoms with Crippen LogP contribution in [-0.2, 0) is 11.8 Å². The third kappa shape index (κ3) is 3.64. The normalized spacial score (nSPS) is 10.7. The Kier molecular flexibility index (Phi) is 5.12. The molecule has 0 spiro atoms. The fraction of sp³-hybridized carbons (Fsp3) is 0.250. The van der Waals surface area contributed by atoms with Crippen molar-refractivity contribution in [3.63, 3.8) is 0 Å². The second-order valence-electron chi connectivity index (χ2n) is 5.30. The van der Waals surface area contributed by atoms with Crippen LogP contribution in [0.1, 0.15) is 0 Å². The Morgan fingerprint density at radius 1 is 1.27 bits per heavy atom. The number of imidazole rings is 1. The number of fused-ring (bicyclic) bond motifs is 1. The fourth-order valence-corrected chi connectivity index (χ4v) is 3.09. The van der Waals surface area contributed by atoms with Crippen molar-refractivity contribution in [1.82, 2.24) is 19.5 Å². The number of carbonyl (C=O) groups excluding carboxylic acids is 1.